The van der Waals surface area contributed by atoms with Crippen LogP contribution >= 0.6 is 11.6 Å². The molecule has 1 aliphatic rings. The van der Waals surface area contributed by atoms with E-state index in [2.05, 4.69) is 5.32 Å². The second kappa shape index (κ2) is 8.39. The first-order chi connectivity index (χ1) is 13.5. The van der Waals surface area contributed by atoms with E-state index in [1.165, 1.54) is 14.2 Å². The van der Waals surface area contributed by atoms with Gasteiger partial charge in [0.05, 0.1) is 32.9 Å². The molecule has 2 aromatic rings. The summed E-state index contributed by atoms with van der Waals surface area (Å²) in [4.78, 5) is 26.8. The number of anilines is 2. The second-order valence-electron chi connectivity index (χ2n) is 6.28. The molecule has 1 saturated heterocycles. The number of halogens is 1. The molecule has 1 atom stereocenters. The van der Waals surface area contributed by atoms with Gasteiger partial charge in [0, 0.05) is 29.7 Å². The molecule has 0 bridgehead atoms. The molecule has 1 aliphatic heterocycles. The summed E-state index contributed by atoms with van der Waals surface area (Å²) in [6, 6.07) is 10.2. The molecule has 28 heavy (non-hydrogen) atoms. The van der Waals surface area contributed by atoms with E-state index in [1.54, 1.807) is 48.4 Å². The third-order valence-corrected chi connectivity index (χ3v) is 4.83. The lowest BCUT2D eigenvalue weighted by atomic mass is 10.1. The highest BCUT2D eigenvalue weighted by Gasteiger charge is 2.35. The highest BCUT2D eigenvalue weighted by molar-refractivity contribution is 6.31. The zero-order valence-corrected chi connectivity index (χ0v) is 16.6. The van der Waals surface area contributed by atoms with Crippen molar-refractivity contribution in [3.05, 3.63) is 41.4 Å². The van der Waals surface area contributed by atoms with E-state index >= 15 is 0 Å². The minimum Gasteiger partial charge on any atom is -0.495 e. The van der Waals surface area contributed by atoms with Gasteiger partial charge in [-0.05, 0) is 30.3 Å². The topological polar surface area (TPSA) is 77.1 Å². The fourth-order valence-electron chi connectivity index (χ4n) is 3.14. The molecule has 2 aromatic carbocycles. The summed E-state index contributed by atoms with van der Waals surface area (Å²) in [5, 5.41) is 3.28. The first-order valence-corrected chi connectivity index (χ1v) is 9.01. The minimum absolute atomic E-state index is 0.114. The number of carbonyl (C=O) groups is 2. The molecule has 8 heteroatoms. The van der Waals surface area contributed by atoms with Crippen molar-refractivity contribution in [3.8, 4) is 17.2 Å². The average Bonchev–Trinajstić information content (AvgIpc) is 3.09. The maximum atomic E-state index is 12.7. The lowest BCUT2D eigenvalue weighted by Crippen LogP contribution is -2.28. The molecule has 0 radical (unpaired) electrons. The average molecular weight is 405 g/mol. The van der Waals surface area contributed by atoms with Gasteiger partial charge in [0.1, 0.15) is 5.75 Å². The SMILES string of the molecule is COc1ccc(Cl)cc1NC(=O)[C@@H]1CC(=O)N(c2ccc(OC)c(OC)c2)C1. The van der Waals surface area contributed by atoms with Gasteiger partial charge in [0.25, 0.3) is 0 Å². The van der Waals surface area contributed by atoms with Gasteiger partial charge >= 0.3 is 0 Å². The molecule has 0 aromatic heterocycles. The summed E-state index contributed by atoms with van der Waals surface area (Å²) in [6.45, 7) is 0.267. The zero-order chi connectivity index (χ0) is 20.3. The molecule has 148 valence electrons. The fourth-order valence-corrected chi connectivity index (χ4v) is 3.31. The summed E-state index contributed by atoms with van der Waals surface area (Å²) >= 11 is 6.01. The van der Waals surface area contributed by atoms with Gasteiger partial charge in [-0.1, -0.05) is 11.6 Å². The molecular weight excluding hydrogens is 384 g/mol. The molecule has 0 aliphatic carbocycles. The molecule has 1 N–H and O–H groups in total. The maximum absolute atomic E-state index is 12.7. The number of nitrogens with one attached hydrogen (secondary N) is 1. The van der Waals surface area contributed by atoms with Gasteiger partial charge in [-0.2, -0.15) is 0 Å². The quantitative estimate of drug-likeness (QED) is 0.798. The standard InChI is InChI=1S/C20H21ClN2O5/c1-26-16-6-4-13(21)9-15(16)22-20(25)12-8-19(24)23(11-12)14-5-7-17(27-2)18(10-14)28-3/h4-7,9-10,12H,8,11H2,1-3H3,(H,22,25)/t12-/m1/s1. The number of hydrogen-bond donors (Lipinski definition) is 1. The number of rotatable bonds is 6. The first-order valence-electron chi connectivity index (χ1n) is 8.63. The van der Waals surface area contributed by atoms with Crippen molar-refractivity contribution in [3.63, 3.8) is 0 Å². The number of methoxy groups -OCH3 is 3. The normalized spacial score (nSPS) is 16.1. The Morgan fingerprint density at radius 2 is 1.71 bits per heavy atom. The van der Waals surface area contributed by atoms with Gasteiger partial charge in [-0.3, -0.25) is 9.59 Å². The molecule has 0 unspecified atom stereocenters. The lowest BCUT2D eigenvalue weighted by Gasteiger charge is -2.19. The molecular formula is C20H21ClN2O5. The summed E-state index contributed by atoms with van der Waals surface area (Å²) in [6.07, 6.45) is 0.114. The van der Waals surface area contributed by atoms with Crippen LogP contribution in [0.1, 0.15) is 6.42 Å². The smallest absolute Gasteiger partial charge is 0.229 e. The summed E-state index contributed by atoms with van der Waals surface area (Å²) < 4.78 is 15.8. The maximum Gasteiger partial charge on any atom is 0.229 e. The van der Waals surface area contributed by atoms with Crippen LogP contribution in [-0.4, -0.2) is 39.7 Å². The molecule has 1 heterocycles. The summed E-state index contributed by atoms with van der Waals surface area (Å²) in [5.74, 6) is 0.690. The Kier molecular flexibility index (Phi) is 5.94. The van der Waals surface area contributed by atoms with E-state index in [0.29, 0.717) is 33.6 Å². The van der Waals surface area contributed by atoms with E-state index in [0.717, 1.165) is 0 Å². The van der Waals surface area contributed by atoms with Gasteiger partial charge in [0.15, 0.2) is 11.5 Å². The Hall–Kier alpha value is -2.93. The fraction of sp³-hybridized carbons (Fsp3) is 0.300. The van der Waals surface area contributed by atoms with Crippen molar-refractivity contribution in [2.45, 2.75) is 6.42 Å². The number of benzene rings is 2. The molecule has 0 saturated carbocycles. The zero-order valence-electron chi connectivity index (χ0n) is 15.8. The van der Waals surface area contributed by atoms with Crippen LogP contribution in [0.15, 0.2) is 36.4 Å². The van der Waals surface area contributed by atoms with Crippen LogP contribution < -0.4 is 24.4 Å². The third-order valence-electron chi connectivity index (χ3n) is 4.59. The first kappa shape index (κ1) is 19.8. The van der Waals surface area contributed by atoms with E-state index < -0.39 is 5.92 Å². The molecule has 2 amide bonds. The van der Waals surface area contributed by atoms with Crippen molar-refractivity contribution < 1.29 is 23.8 Å². The van der Waals surface area contributed by atoms with Crippen molar-refractivity contribution in [1.29, 1.82) is 0 Å². The highest BCUT2D eigenvalue weighted by atomic mass is 35.5. The van der Waals surface area contributed by atoms with Gasteiger partial charge in [-0.15, -0.1) is 0 Å². The largest absolute Gasteiger partial charge is 0.495 e. The lowest BCUT2D eigenvalue weighted by molar-refractivity contribution is -0.122. The Labute approximate surface area is 168 Å². The van der Waals surface area contributed by atoms with Crippen molar-refractivity contribution in [2.24, 2.45) is 5.92 Å². The van der Waals surface area contributed by atoms with E-state index in [1.807, 2.05) is 0 Å². The predicted molar refractivity (Wildman–Crippen MR) is 107 cm³/mol. The highest BCUT2D eigenvalue weighted by Crippen LogP contribution is 2.35. The van der Waals surface area contributed by atoms with Crippen LogP contribution in [0.2, 0.25) is 5.02 Å². The Bertz CT molecular complexity index is 902. The second-order valence-corrected chi connectivity index (χ2v) is 6.71. The monoisotopic (exact) mass is 404 g/mol. The summed E-state index contributed by atoms with van der Waals surface area (Å²) in [5.41, 5.74) is 1.12. The molecule has 1 fully saturated rings. The van der Waals surface area contributed by atoms with E-state index in [-0.39, 0.29) is 24.8 Å². The Morgan fingerprint density at radius 3 is 2.39 bits per heavy atom. The molecule has 0 spiro atoms. The Morgan fingerprint density at radius 1 is 1.04 bits per heavy atom. The van der Waals surface area contributed by atoms with Crippen LogP contribution in [0.25, 0.3) is 0 Å². The van der Waals surface area contributed by atoms with Crippen LogP contribution in [0.3, 0.4) is 0 Å². The van der Waals surface area contributed by atoms with Crippen LogP contribution in [0.4, 0.5) is 11.4 Å². The number of amides is 2. The van der Waals surface area contributed by atoms with Gasteiger partial charge in [-0.25, -0.2) is 0 Å². The van der Waals surface area contributed by atoms with Crippen LogP contribution in [0, 0.1) is 5.92 Å². The third kappa shape index (κ3) is 3.99. The van der Waals surface area contributed by atoms with Crippen molar-refractivity contribution >= 4 is 34.8 Å². The molecule has 7 nitrogen and oxygen atoms in total. The van der Waals surface area contributed by atoms with Crippen LogP contribution in [-0.2, 0) is 9.59 Å². The Balaban J connectivity index is 1.76. The number of nitrogens with zero attached hydrogens (tertiary/aromatic N) is 1. The number of hydrogen-bond acceptors (Lipinski definition) is 5. The van der Waals surface area contributed by atoms with E-state index in [9.17, 15) is 9.59 Å². The summed E-state index contributed by atoms with van der Waals surface area (Å²) in [7, 11) is 4.59. The van der Waals surface area contributed by atoms with Gasteiger partial charge < -0.3 is 24.4 Å². The van der Waals surface area contributed by atoms with E-state index in [4.69, 9.17) is 25.8 Å². The van der Waals surface area contributed by atoms with Gasteiger partial charge in [0.2, 0.25) is 11.8 Å². The van der Waals surface area contributed by atoms with Crippen molar-refractivity contribution in [2.75, 3.05) is 38.1 Å². The molecule has 3 rings (SSSR count). The predicted octanol–water partition coefficient (Wildman–Crippen LogP) is 3.36. The van der Waals surface area contributed by atoms with Crippen molar-refractivity contribution in [1.82, 2.24) is 0 Å². The minimum atomic E-state index is -0.496. The number of carbonyl (C=O) groups excluding carboxylic acids is 2. The number of ether oxygens (including phenoxy) is 3. The van der Waals surface area contributed by atoms with Crippen LogP contribution in [0.5, 0.6) is 17.2 Å².